The number of aromatic carboxylic acids is 1. The Morgan fingerprint density at radius 3 is 2.06 bits per heavy atom. The lowest BCUT2D eigenvalue weighted by molar-refractivity contribution is -0.500. The summed E-state index contributed by atoms with van der Waals surface area (Å²) in [5.74, 6) is -1.75. The van der Waals surface area contributed by atoms with E-state index >= 15 is 0 Å². The molecule has 1 aromatic carbocycles. The van der Waals surface area contributed by atoms with E-state index < -0.39 is 22.7 Å². The molecular weight excluding hydrogens is 214 g/mol. The van der Waals surface area contributed by atoms with Gasteiger partial charge in [0.2, 0.25) is 5.78 Å². The van der Waals surface area contributed by atoms with E-state index in [2.05, 4.69) is 0 Å². The van der Waals surface area contributed by atoms with Gasteiger partial charge in [0.15, 0.2) is 0 Å². The maximum atomic E-state index is 11.5. The minimum absolute atomic E-state index is 0.0327. The van der Waals surface area contributed by atoms with Crippen molar-refractivity contribution < 1.29 is 19.6 Å². The van der Waals surface area contributed by atoms with Crippen molar-refractivity contribution in [2.75, 3.05) is 0 Å². The summed E-state index contributed by atoms with van der Waals surface area (Å²) in [4.78, 5) is 31.7. The van der Waals surface area contributed by atoms with Crippen LogP contribution in [-0.4, -0.2) is 27.8 Å². The lowest BCUT2D eigenvalue weighted by Crippen LogP contribution is -2.26. The number of Topliss-reactive ketones (excluding diaryl/α,β-unsaturated/α-hetero) is 1. The van der Waals surface area contributed by atoms with Gasteiger partial charge in [-0.1, -0.05) is 12.1 Å². The molecule has 0 amide bonds. The number of carboxylic acids is 1. The number of benzene rings is 1. The van der Waals surface area contributed by atoms with Crippen LogP contribution in [0.5, 0.6) is 0 Å². The van der Waals surface area contributed by atoms with E-state index in [0.29, 0.717) is 0 Å². The van der Waals surface area contributed by atoms with E-state index in [1.54, 1.807) is 0 Å². The molecule has 0 heterocycles. The van der Waals surface area contributed by atoms with Crippen molar-refractivity contribution in [2.45, 2.75) is 13.0 Å². The average molecular weight is 223 g/mol. The van der Waals surface area contributed by atoms with Crippen molar-refractivity contribution in [1.29, 1.82) is 0 Å². The van der Waals surface area contributed by atoms with Gasteiger partial charge in [-0.25, -0.2) is 4.79 Å². The average Bonchev–Trinajstić information content (AvgIpc) is 2.27. The maximum absolute atomic E-state index is 11.5. The second-order valence-electron chi connectivity index (χ2n) is 3.21. The van der Waals surface area contributed by atoms with Crippen molar-refractivity contribution in [2.24, 2.45) is 0 Å². The lowest BCUT2D eigenvalue weighted by atomic mass is 10.0. The van der Waals surface area contributed by atoms with E-state index in [4.69, 9.17) is 5.11 Å². The second kappa shape index (κ2) is 4.52. The van der Waals surface area contributed by atoms with Crippen LogP contribution in [0.3, 0.4) is 0 Å². The Balaban J connectivity index is 2.94. The van der Waals surface area contributed by atoms with Crippen molar-refractivity contribution in [3.63, 3.8) is 0 Å². The van der Waals surface area contributed by atoms with E-state index in [0.717, 1.165) is 0 Å². The Morgan fingerprint density at radius 1 is 1.25 bits per heavy atom. The third kappa shape index (κ3) is 2.41. The zero-order valence-electron chi connectivity index (χ0n) is 8.41. The van der Waals surface area contributed by atoms with Gasteiger partial charge in [-0.2, -0.15) is 0 Å². The van der Waals surface area contributed by atoms with Crippen LogP contribution in [0.25, 0.3) is 0 Å². The van der Waals surface area contributed by atoms with Crippen LogP contribution >= 0.6 is 0 Å². The fourth-order valence-corrected chi connectivity index (χ4v) is 1.11. The van der Waals surface area contributed by atoms with E-state index in [-0.39, 0.29) is 11.1 Å². The van der Waals surface area contributed by atoms with Gasteiger partial charge in [-0.05, 0) is 12.1 Å². The summed E-state index contributed by atoms with van der Waals surface area (Å²) in [6.07, 6.45) is 0. The summed E-state index contributed by atoms with van der Waals surface area (Å²) in [6.45, 7) is 1.19. The molecule has 0 aromatic heterocycles. The molecular formula is C10H9NO5. The van der Waals surface area contributed by atoms with Gasteiger partial charge >= 0.3 is 5.97 Å². The van der Waals surface area contributed by atoms with Gasteiger partial charge in [0.25, 0.3) is 6.04 Å². The molecule has 0 radical (unpaired) electrons. The van der Waals surface area contributed by atoms with Crippen LogP contribution in [0.2, 0.25) is 0 Å². The first kappa shape index (κ1) is 11.8. The number of nitrogens with zero attached hydrogens (tertiary/aromatic N) is 1. The predicted octanol–water partition coefficient (Wildman–Crippen LogP) is 1.23. The highest BCUT2D eigenvalue weighted by molar-refractivity contribution is 5.99. The summed E-state index contributed by atoms with van der Waals surface area (Å²) in [7, 11) is 0. The largest absolute Gasteiger partial charge is 0.478 e. The van der Waals surface area contributed by atoms with Gasteiger partial charge in [0.1, 0.15) is 0 Å². The molecule has 0 aliphatic heterocycles. The topological polar surface area (TPSA) is 97.5 Å². The van der Waals surface area contributed by atoms with Crippen LogP contribution in [0.15, 0.2) is 24.3 Å². The molecule has 84 valence electrons. The number of nitro groups is 1. The third-order valence-electron chi connectivity index (χ3n) is 2.11. The van der Waals surface area contributed by atoms with Crippen molar-refractivity contribution in [3.8, 4) is 0 Å². The molecule has 1 aromatic rings. The Kier molecular flexibility index (Phi) is 3.34. The van der Waals surface area contributed by atoms with Crippen LogP contribution in [0.1, 0.15) is 27.6 Å². The van der Waals surface area contributed by atoms with E-state index in [1.165, 1.54) is 31.2 Å². The Morgan fingerprint density at radius 2 is 1.69 bits per heavy atom. The van der Waals surface area contributed by atoms with Gasteiger partial charge in [-0.3, -0.25) is 14.9 Å². The number of carbonyl (C=O) groups is 2. The fraction of sp³-hybridized carbons (Fsp3) is 0.200. The molecule has 6 heteroatoms. The quantitative estimate of drug-likeness (QED) is 0.470. The van der Waals surface area contributed by atoms with Gasteiger partial charge < -0.3 is 5.11 Å². The maximum Gasteiger partial charge on any atom is 0.335 e. The molecule has 0 aliphatic carbocycles. The van der Waals surface area contributed by atoms with Gasteiger partial charge in [0.05, 0.1) is 5.56 Å². The summed E-state index contributed by atoms with van der Waals surface area (Å²) < 4.78 is 0. The Bertz CT molecular complexity index is 437. The monoisotopic (exact) mass is 223 g/mol. The Labute approximate surface area is 90.7 Å². The molecule has 0 bridgehead atoms. The highest BCUT2D eigenvalue weighted by Crippen LogP contribution is 2.08. The molecule has 1 rings (SSSR count). The SMILES string of the molecule is CC(C(=O)c1ccc(C(=O)O)cc1)[N+](=O)[O-]. The minimum atomic E-state index is -1.32. The smallest absolute Gasteiger partial charge is 0.335 e. The molecule has 0 saturated carbocycles. The van der Waals surface area contributed by atoms with Crippen molar-refractivity contribution in [3.05, 3.63) is 45.5 Å². The first-order valence-electron chi connectivity index (χ1n) is 4.44. The molecule has 0 spiro atoms. The number of carbonyl (C=O) groups excluding carboxylic acids is 1. The standard InChI is InChI=1S/C10H9NO5/c1-6(11(15)16)9(12)7-2-4-8(5-3-7)10(13)14/h2-6H,1H3,(H,13,14). The fourth-order valence-electron chi connectivity index (χ4n) is 1.11. The Hall–Kier alpha value is -2.24. The number of hydrogen-bond donors (Lipinski definition) is 1. The van der Waals surface area contributed by atoms with E-state index in [1.807, 2.05) is 0 Å². The highest BCUT2D eigenvalue weighted by Gasteiger charge is 2.24. The number of rotatable bonds is 4. The molecule has 6 nitrogen and oxygen atoms in total. The summed E-state index contributed by atoms with van der Waals surface area (Å²) in [5.41, 5.74) is 0.166. The van der Waals surface area contributed by atoms with Gasteiger partial charge in [0, 0.05) is 17.4 Å². The van der Waals surface area contributed by atoms with E-state index in [9.17, 15) is 19.7 Å². The second-order valence-corrected chi connectivity index (χ2v) is 3.21. The summed E-state index contributed by atoms with van der Waals surface area (Å²) in [5, 5.41) is 19.0. The molecule has 1 N–H and O–H groups in total. The van der Waals surface area contributed by atoms with Crippen LogP contribution in [0.4, 0.5) is 0 Å². The third-order valence-corrected chi connectivity index (χ3v) is 2.11. The number of carboxylic acid groups (broad SMARTS) is 1. The van der Waals surface area contributed by atoms with Gasteiger partial charge in [-0.15, -0.1) is 0 Å². The van der Waals surface area contributed by atoms with Crippen LogP contribution in [0, 0.1) is 10.1 Å². The first-order valence-corrected chi connectivity index (χ1v) is 4.44. The first-order chi connectivity index (χ1) is 7.43. The molecule has 16 heavy (non-hydrogen) atoms. The molecule has 1 atom stereocenters. The number of hydrogen-bond acceptors (Lipinski definition) is 4. The normalized spacial score (nSPS) is 11.8. The van der Waals surface area contributed by atoms with Crippen LogP contribution in [-0.2, 0) is 0 Å². The lowest BCUT2D eigenvalue weighted by Gasteiger charge is -2.03. The molecule has 0 saturated heterocycles. The number of ketones is 1. The van der Waals surface area contributed by atoms with Crippen molar-refractivity contribution >= 4 is 11.8 Å². The zero-order valence-corrected chi connectivity index (χ0v) is 8.41. The molecule has 1 unspecified atom stereocenters. The predicted molar refractivity (Wildman–Crippen MR) is 54.2 cm³/mol. The van der Waals surface area contributed by atoms with Crippen molar-refractivity contribution in [1.82, 2.24) is 0 Å². The highest BCUT2D eigenvalue weighted by atomic mass is 16.6. The van der Waals surface area contributed by atoms with Crippen LogP contribution < -0.4 is 0 Å². The molecule has 0 fully saturated rings. The molecule has 0 aliphatic rings. The summed E-state index contributed by atoms with van der Waals surface area (Å²) >= 11 is 0. The summed E-state index contributed by atoms with van der Waals surface area (Å²) in [6, 6.07) is 3.69. The minimum Gasteiger partial charge on any atom is -0.478 e. The zero-order chi connectivity index (χ0) is 12.3.